The highest BCUT2D eigenvalue weighted by Gasteiger charge is 1.96. The number of hydrogen-bond donors (Lipinski definition) is 0. The zero-order valence-corrected chi connectivity index (χ0v) is 9.96. The van der Waals surface area contributed by atoms with Gasteiger partial charge in [0.2, 0.25) is 0 Å². The van der Waals surface area contributed by atoms with E-state index in [-0.39, 0.29) is 5.69 Å². The van der Waals surface area contributed by atoms with Gasteiger partial charge in [-0.15, -0.1) is 0 Å². The number of halogens is 1. The first-order chi connectivity index (χ1) is 6.74. The van der Waals surface area contributed by atoms with Crippen LogP contribution in [0.15, 0.2) is 17.2 Å². The Bertz CT molecular complexity index is 335. The molecule has 1 aromatic rings. The molecule has 0 aromatic carbocycles. The molecule has 1 rings (SSSR count). The van der Waals surface area contributed by atoms with Crippen LogP contribution in [0.2, 0.25) is 0 Å². The Morgan fingerprint density at radius 1 is 1.43 bits per heavy atom. The summed E-state index contributed by atoms with van der Waals surface area (Å²) >= 11 is 3.38. The van der Waals surface area contributed by atoms with Gasteiger partial charge < -0.3 is 0 Å². The minimum Gasteiger partial charge on any atom is -0.299 e. The second kappa shape index (κ2) is 5.96. The third kappa shape index (κ3) is 3.62. The third-order valence-corrected chi connectivity index (χ3v) is 2.58. The summed E-state index contributed by atoms with van der Waals surface area (Å²) < 4.78 is 1.68. The van der Waals surface area contributed by atoms with Crippen LogP contribution in [0.1, 0.15) is 24.8 Å². The molecule has 0 radical (unpaired) electrons. The predicted molar refractivity (Wildman–Crippen MR) is 60.9 cm³/mol. The second-order valence-electron chi connectivity index (χ2n) is 3.36. The van der Waals surface area contributed by atoms with Crippen LogP contribution < -0.4 is 5.69 Å². The summed E-state index contributed by atoms with van der Waals surface area (Å²) in [4.78, 5) is 15.1. The molecule has 0 fully saturated rings. The van der Waals surface area contributed by atoms with Gasteiger partial charge in [-0.1, -0.05) is 22.4 Å². The number of nitrogens with zero attached hydrogens (tertiary/aromatic N) is 2. The van der Waals surface area contributed by atoms with E-state index in [1.807, 2.05) is 13.1 Å². The van der Waals surface area contributed by atoms with Crippen LogP contribution in [0.4, 0.5) is 0 Å². The standard InChI is InChI=1S/C10H15BrN2O/c1-9-7-12-10(14)13(8-9)6-4-2-3-5-11/h7-8H,2-6H2,1H3. The number of rotatable bonds is 5. The van der Waals surface area contributed by atoms with Crippen molar-refractivity contribution in [2.24, 2.45) is 0 Å². The highest BCUT2D eigenvalue weighted by Crippen LogP contribution is 2.00. The van der Waals surface area contributed by atoms with Crippen molar-refractivity contribution < 1.29 is 0 Å². The highest BCUT2D eigenvalue weighted by atomic mass is 79.9. The van der Waals surface area contributed by atoms with E-state index in [9.17, 15) is 4.79 Å². The smallest absolute Gasteiger partial charge is 0.299 e. The van der Waals surface area contributed by atoms with E-state index in [0.29, 0.717) is 0 Å². The number of aromatic nitrogens is 2. The van der Waals surface area contributed by atoms with Gasteiger partial charge in [0.25, 0.3) is 0 Å². The zero-order valence-electron chi connectivity index (χ0n) is 8.37. The van der Waals surface area contributed by atoms with Gasteiger partial charge in [0, 0.05) is 24.3 Å². The molecule has 0 spiro atoms. The van der Waals surface area contributed by atoms with E-state index >= 15 is 0 Å². The van der Waals surface area contributed by atoms with Crippen molar-refractivity contribution in [1.29, 1.82) is 0 Å². The fourth-order valence-electron chi connectivity index (χ4n) is 1.28. The van der Waals surface area contributed by atoms with Gasteiger partial charge in [-0.05, 0) is 25.3 Å². The van der Waals surface area contributed by atoms with Gasteiger partial charge in [0.05, 0.1) is 0 Å². The van der Waals surface area contributed by atoms with Gasteiger partial charge in [0.1, 0.15) is 0 Å². The average Bonchev–Trinajstić information content (AvgIpc) is 2.18. The van der Waals surface area contributed by atoms with Crippen LogP contribution in [-0.2, 0) is 6.54 Å². The van der Waals surface area contributed by atoms with E-state index in [1.165, 1.54) is 0 Å². The molecule has 0 bridgehead atoms. The molecular formula is C10H15BrN2O. The summed E-state index contributed by atoms with van der Waals surface area (Å²) in [5.41, 5.74) is 0.888. The molecule has 0 aliphatic rings. The first-order valence-electron chi connectivity index (χ1n) is 4.83. The van der Waals surface area contributed by atoms with Gasteiger partial charge in [-0.2, -0.15) is 0 Å². The molecule has 0 saturated heterocycles. The Labute approximate surface area is 92.3 Å². The predicted octanol–water partition coefficient (Wildman–Crippen LogP) is 2.12. The second-order valence-corrected chi connectivity index (χ2v) is 4.15. The lowest BCUT2D eigenvalue weighted by Crippen LogP contribution is -2.22. The molecule has 4 heteroatoms. The molecule has 0 aliphatic heterocycles. The van der Waals surface area contributed by atoms with E-state index in [1.54, 1.807) is 10.8 Å². The van der Waals surface area contributed by atoms with Crippen molar-refractivity contribution in [3.05, 3.63) is 28.4 Å². The summed E-state index contributed by atoms with van der Waals surface area (Å²) in [7, 11) is 0. The Hall–Kier alpha value is -0.640. The largest absolute Gasteiger partial charge is 0.347 e. The molecule has 1 heterocycles. The van der Waals surface area contributed by atoms with Gasteiger partial charge in [-0.3, -0.25) is 4.57 Å². The van der Waals surface area contributed by atoms with Crippen LogP contribution in [0.5, 0.6) is 0 Å². The third-order valence-electron chi connectivity index (χ3n) is 2.02. The number of hydrogen-bond acceptors (Lipinski definition) is 2. The van der Waals surface area contributed by atoms with Crippen molar-refractivity contribution >= 4 is 15.9 Å². The molecular weight excluding hydrogens is 244 g/mol. The molecule has 0 unspecified atom stereocenters. The fourth-order valence-corrected chi connectivity index (χ4v) is 1.68. The molecule has 0 amide bonds. The number of unbranched alkanes of at least 4 members (excludes halogenated alkanes) is 2. The van der Waals surface area contributed by atoms with Crippen LogP contribution in [-0.4, -0.2) is 14.9 Å². The molecule has 0 saturated carbocycles. The minimum absolute atomic E-state index is 0.144. The normalized spacial score (nSPS) is 10.4. The van der Waals surface area contributed by atoms with E-state index in [4.69, 9.17) is 0 Å². The number of aryl methyl sites for hydroxylation is 2. The van der Waals surface area contributed by atoms with Crippen LogP contribution in [0, 0.1) is 6.92 Å². The Morgan fingerprint density at radius 3 is 2.93 bits per heavy atom. The van der Waals surface area contributed by atoms with Crippen molar-refractivity contribution in [3.63, 3.8) is 0 Å². The molecule has 0 N–H and O–H groups in total. The van der Waals surface area contributed by atoms with E-state index in [0.717, 1.165) is 36.7 Å². The number of alkyl halides is 1. The minimum atomic E-state index is -0.144. The maximum Gasteiger partial charge on any atom is 0.347 e. The van der Waals surface area contributed by atoms with Gasteiger partial charge in [0.15, 0.2) is 0 Å². The molecule has 1 aromatic heterocycles. The summed E-state index contributed by atoms with van der Waals surface area (Å²) in [6.45, 7) is 2.72. The topological polar surface area (TPSA) is 34.9 Å². The van der Waals surface area contributed by atoms with Crippen molar-refractivity contribution in [2.45, 2.75) is 32.7 Å². The molecule has 14 heavy (non-hydrogen) atoms. The molecule has 0 atom stereocenters. The van der Waals surface area contributed by atoms with E-state index in [2.05, 4.69) is 20.9 Å². The van der Waals surface area contributed by atoms with Crippen LogP contribution >= 0.6 is 15.9 Å². The lowest BCUT2D eigenvalue weighted by Gasteiger charge is -2.04. The first-order valence-corrected chi connectivity index (χ1v) is 5.95. The maximum atomic E-state index is 11.3. The average molecular weight is 259 g/mol. The maximum absolute atomic E-state index is 11.3. The lowest BCUT2D eigenvalue weighted by molar-refractivity contribution is 0.577. The Kier molecular flexibility index (Phi) is 4.87. The summed E-state index contributed by atoms with van der Waals surface area (Å²) in [5.74, 6) is 0. The highest BCUT2D eigenvalue weighted by molar-refractivity contribution is 9.09. The molecule has 3 nitrogen and oxygen atoms in total. The summed E-state index contributed by atoms with van der Waals surface area (Å²) in [5, 5.41) is 1.04. The van der Waals surface area contributed by atoms with Gasteiger partial charge in [-0.25, -0.2) is 9.78 Å². The summed E-state index contributed by atoms with van der Waals surface area (Å²) in [6.07, 6.45) is 6.82. The first kappa shape index (κ1) is 11.4. The van der Waals surface area contributed by atoms with Crippen LogP contribution in [0.25, 0.3) is 0 Å². The Morgan fingerprint density at radius 2 is 2.21 bits per heavy atom. The quantitative estimate of drug-likeness (QED) is 0.599. The molecule has 0 aliphatic carbocycles. The monoisotopic (exact) mass is 258 g/mol. The Balaban J connectivity index is 2.49. The van der Waals surface area contributed by atoms with Crippen molar-refractivity contribution in [2.75, 3.05) is 5.33 Å². The van der Waals surface area contributed by atoms with E-state index < -0.39 is 0 Å². The lowest BCUT2D eigenvalue weighted by atomic mass is 10.2. The van der Waals surface area contributed by atoms with Gasteiger partial charge >= 0.3 is 5.69 Å². The van der Waals surface area contributed by atoms with Crippen molar-refractivity contribution in [1.82, 2.24) is 9.55 Å². The SMILES string of the molecule is Cc1cnc(=O)n(CCCCCBr)c1. The molecule has 78 valence electrons. The zero-order chi connectivity index (χ0) is 10.4. The summed E-state index contributed by atoms with van der Waals surface area (Å²) in [6, 6.07) is 0. The fraction of sp³-hybridized carbons (Fsp3) is 0.600. The van der Waals surface area contributed by atoms with Crippen molar-refractivity contribution in [3.8, 4) is 0 Å². The van der Waals surface area contributed by atoms with Crippen LogP contribution in [0.3, 0.4) is 0 Å².